The highest BCUT2D eigenvalue weighted by Crippen LogP contribution is 2.16. The Labute approximate surface area is 110 Å². The second-order valence-corrected chi connectivity index (χ2v) is 7.27. The molecule has 0 saturated carbocycles. The van der Waals surface area contributed by atoms with Gasteiger partial charge in [-0.25, -0.2) is 13.1 Å². The molecule has 1 unspecified atom stereocenters. The average Bonchev–Trinajstić information content (AvgIpc) is 2.28. The lowest BCUT2D eigenvalue weighted by atomic mass is 10.1. The summed E-state index contributed by atoms with van der Waals surface area (Å²) in [6.07, 6.45) is 1.54. The number of nitrogens with one attached hydrogen (secondary N) is 1. The SMILES string of the molecule is Cc1ccc(CN)cc1S(=O)(=O)NCCS(C)=O. The zero-order chi connectivity index (χ0) is 13.8. The predicted octanol–water partition coefficient (Wildman–Crippen LogP) is 0.111. The molecule has 0 fully saturated rings. The molecule has 3 N–H and O–H groups in total. The summed E-state index contributed by atoms with van der Waals surface area (Å²) in [6.45, 7) is 2.19. The first kappa shape index (κ1) is 15.3. The standard InChI is InChI=1S/C11H18N2O3S2/c1-9-3-4-10(8-12)7-11(9)18(15,16)13-5-6-17(2)14/h3-4,7,13H,5-6,8,12H2,1-2H3. The fraction of sp³-hybridized carbons (Fsp3) is 0.455. The normalized spacial score (nSPS) is 13.5. The fourth-order valence-electron chi connectivity index (χ4n) is 1.46. The maximum Gasteiger partial charge on any atom is 0.240 e. The smallest absolute Gasteiger partial charge is 0.240 e. The number of sulfonamides is 1. The number of aryl methyl sites for hydroxylation is 1. The summed E-state index contributed by atoms with van der Waals surface area (Å²) >= 11 is 0. The van der Waals surface area contributed by atoms with E-state index in [2.05, 4.69) is 4.72 Å². The first-order chi connectivity index (χ1) is 8.36. The van der Waals surface area contributed by atoms with E-state index < -0.39 is 20.8 Å². The molecule has 0 aliphatic carbocycles. The Hall–Kier alpha value is -0.760. The minimum atomic E-state index is -3.56. The van der Waals surface area contributed by atoms with Crippen molar-refractivity contribution in [1.29, 1.82) is 0 Å². The third-order valence-electron chi connectivity index (χ3n) is 2.46. The molecule has 18 heavy (non-hydrogen) atoms. The molecule has 102 valence electrons. The van der Waals surface area contributed by atoms with Crippen molar-refractivity contribution in [3.05, 3.63) is 29.3 Å². The van der Waals surface area contributed by atoms with E-state index >= 15 is 0 Å². The molecule has 0 aliphatic rings. The van der Waals surface area contributed by atoms with E-state index in [1.165, 1.54) is 6.26 Å². The van der Waals surface area contributed by atoms with Crippen molar-refractivity contribution in [2.45, 2.75) is 18.4 Å². The Balaban J connectivity index is 2.93. The lowest BCUT2D eigenvalue weighted by molar-refractivity contribution is 0.583. The Bertz CT molecular complexity index is 541. The van der Waals surface area contributed by atoms with Crippen LogP contribution in [0, 0.1) is 6.92 Å². The van der Waals surface area contributed by atoms with Crippen molar-refractivity contribution >= 4 is 20.8 Å². The number of nitrogens with two attached hydrogens (primary N) is 1. The molecule has 7 heteroatoms. The number of hydrogen-bond acceptors (Lipinski definition) is 4. The van der Waals surface area contributed by atoms with Gasteiger partial charge in [0.15, 0.2) is 0 Å². The highest BCUT2D eigenvalue weighted by Gasteiger charge is 2.16. The lowest BCUT2D eigenvalue weighted by Crippen LogP contribution is -2.28. The molecular formula is C11H18N2O3S2. The van der Waals surface area contributed by atoms with Crippen molar-refractivity contribution in [2.75, 3.05) is 18.6 Å². The van der Waals surface area contributed by atoms with E-state index in [0.29, 0.717) is 17.9 Å². The van der Waals surface area contributed by atoms with Crippen LogP contribution in [-0.2, 0) is 27.4 Å². The third kappa shape index (κ3) is 4.16. The van der Waals surface area contributed by atoms with Crippen LogP contribution in [0.25, 0.3) is 0 Å². The number of hydrogen-bond donors (Lipinski definition) is 2. The second kappa shape index (κ2) is 6.42. The van der Waals surface area contributed by atoms with Crippen LogP contribution >= 0.6 is 0 Å². The quantitative estimate of drug-likeness (QED) is 0.778. The molecule has 5 nitrogen and oxygen atoms in total. The van der Waals surface area contributed by atoms with E-state index in [1.807, 2.05) is 0 Å². The van der Waals surface area contributed by atoms with E-state index in [-0.39, 0.29) is 11.4 Å². The summed E-state index contributed by atoms with van der Waals surface area (Å²) in [5, 5.41) is 0. The molecule has 0 spiro atoms. The van der Waals surface area contributed by atoms with Gasteiger partial charge in [0.25, 0.3) is 0 Å². The molecule has 0 heterocycles. The monoisotopic (exact) mass is 290 g/mol. The number of rotatable bonds is 6. The highest BCUT2D eigenvalue weighted by atomic mass is 32.2. The molecule has 1 aromatic carbocycles. The van der Waals surface area contributed by atoms with Gasteiger partial charge in [-0.1, -0.05) is 12.1 Å². The topological polar surface area (TPSA) is 89.3 Å². The fourth-order valence-corrected chi connectivity index (χ4v) is 3.30. The van der Waals surface area contributed by atoms with Gasteiger partial charge < -0.3 is 5.73 Å². The van der Waals surface area contributed by atoms with E-state index in [0.717, 1.165) is 5.56 Å². The number of benzene rings is 1. The Morgan fingerprint density at radius 2 is 2.06 bits per heavy atom. The van der Waals surface area contributed by atoms with E-state index in [4.69, 9.17) is 5.73 Å². The minimum absolute atomic E-state index is 0.164. The summed E-state index contributed by atoms with van der Waals surface area (Å²) in [5.74, 6) is 0.300. The van der Waals surface area contributed by atoms with Crippen molar-refractivity contribution in [3.63, 3.8) is 0 Å². The van der Waals surface area contributed by atoms with Crippen LogP contribution in [0.3, 0.4) is 0 Å². The molecular weight excluding hydrogens is 272 g/mol. The zero-order valence-corrected chi connectivity index (χ0v) is 12.1. The zero-order valence-electron chi connectivity index (χ0n) is 10.5. The van der Waals surface area contributed by atoms with Crippen LogP contribution in [0.2, 0.25) is 0 Å². The predicted molar refractivity (Wildman–Crippen MR) is 73.2 cm³/mol. The Morgan fingerprint density at radius 3 is 2.61 bits per heavy atom. The maximum atomic E-state index is 12.1. The first-order valence-electron chi connectivity index (χ1n) is 5.46. The molecule has 1 aromatic rings. The summed E-state index contributed by atoms with van der Waals surface area (Å²) in [4.78, 5) is 0.229. The van der Waals surface area contributed by atoms with Gasteiger partial charge >= 0.3 is 0 Å². The Morgan fingerprint density at radius 1 is 1.39 bits per heavy atom. The second-order valence-electron chi connectivity index (χ2n) is 3.98. The van der Waals surface area contributed by atoms with Crippen LogP contribution in [0.15, 0.2) is 23.1 Å². The van der Waals surface area contributed by atoms with Crippen LogP contribution < -0.4 is 10.5 Å². The van der Waals surface area contributed by atoms with Gasteiger partial charge in [-0.3, -0.25) is 4.21 Å². The molecule has 1 atom stereocenters. The van der Waals surface area contributed by atoms with Crippen LogP contribution in [0.5, 0.6) is 0 Å². The lowest BCUT2D eigenvalue weighted by Gasteiger charge is -2.10. The molecule has 0 amide bonds. The van der Waals surface area contributed by atoms with Gasteiger partial charge in [-0.2, -0.15) is 0 Å². The van der Waals surface area contributed by atoms with Crippen molar-refractivity contribution < 1.29 is 12.6 Å². The van der Waals surface area contributed by atoms with Crippen molar-refractivity contribution in [1.82, 2.24) is 4.72 Å². The summed E-state index contributed by atoms with van der Waals surface area (Å²) < 4.78 is 37.4. The third-order valence-corrected chi connectivity index (χ3v) is 4.84. The van der Waals surface area contributed by atoms with Crippen LogP contribution in [0.4, 0.5) is 0 Å². The van der Waals surface area contributed by atoms with Gasteiger partial charge in [-0.05, 0) is 24.1 Å². The van der Waals surface area contributed by atoms with E-state index in [9.17, 15) is 12.6 Å². The van der Waals surface area contributed by atoms with Gasteiger partial charge in [-0.15, -0.1) is 0 Å². The Kier molecular flexibility index (Phi) is 5.46. The van der Waals surface area contributed by atoms with Crippen molar-refractivity contribution in [2.24, 2.45) is 5.73 Å². The summed E-state index contributed by atoms with van der Waals surface area (Å²) in [5.41, 5.74) is 6.92. The summed E-state index contributed by atoms with van der Waals surface area (Å²) in [6, 6.07) is 5.10. The first-order valence-corrected chi connectivity index (χ1v) is 8.67. The molecule has 0 bridgehead atoms. The maximum absolute atomic E-state index is 12.1. The molecule has 0 saturated heterocycles. The molecule has 0 aromatic heterocycles. The van der Waals surface area contributed by atoms with E-state index in [1.54, 1.807) is 25.1 Å². The van der Waals surface area contributed by atoms with Gasteiger partial charge in [0.1, 0.15) is 0 Å². The molecule has 1 rings (SSSR count). The minimum Gasteiger partial charge on any atom is -0.326 e. The largest absolute Gasteiger partial charge is 0.326 e. The van der Waals surface area contributed by atoms with Crippen LogP contribution in [-0.4, -0.2) is 31.2 Å². The van der Waals surface area contributed by atoms with Crippen molar-refractivity contribution in [3.8, 4) is 0 Å². The van der Waals surface area contributed by atoms with Gasteiger partial charge in [0, 0.05) is 35.9 Å². The van der Waals surface area contributed by atoms with Gasteiger partial charge in [0.05, 0.1) is 4.90 Å². The summed E-state index contributed by atoms with van der Waals surface area (Å²) in [7, 11) is -4.57. The van der Waals surface area contributed by atoms with Gasteiger partial charge in [0.2, 0.25) is 10.0 Å². The highest BCUT2D eigenvalue weighted by molar-refractivity contribution is 7.89. The average molecular weight is 290 g/mol. The molecule has 0 radical (unpaired) electrons. The molecule has 0 aliphatic heterocycles. The van der Waals surface area contributed by atoms with Crippen LogP contribution in [0.1, 0.15) is 11.1 Å².